The Morgan fingerprint density at radius 2 is 2.03 bits per heavy atom. The van der Waals surface area contributed by atoms with Crippen molar-refractivity contribution >= 4 is 33.8 Å². The standard InChI is InChI=1S/C25H28N6O2S/c1-14-20(25(3,4)5)34-23(27-14)24(32)31-11-9-18(13-31)29-22-19-12-17(21-28-15(2)33-30-21)7-6-16(19)8-10-26-22/h6-8,10,12,18H,9,11,13H2,1-5H3,(H,26,29). The van der Waals surface area contributed by atoms with Gasteiger partial charge in [0.1, 0.15) is 5.82 Å². The monoisotopic (exact) mass is 476 g/mol. The number of rotatable bonds is 4. The number of pyridine rings is 1. The van der Waals surface area contributed by atoms with Crippen molar-refractivity contribution < 1.29 is 9.32 Å². The van der Waals surface area contributed by atoms with Gasteiger partial charge in [0, 0.05) is 48.1 Å². The van der Waals surface area contributed by atoms with E-state index in [1.165, 1.54) is 11.3 Å². The van der Waals surface area contributed by atoms with Gasteiger partial charge in [0.25, 0.3) is 5.91 Å². The number of nitrogens with one attached hydrogen (secondary N) is 1. The summed E-state index contributed by atoms with van der Waals surface area (Å²) in [5, 5.41) is 10.2. The van der Waals surface area contributed by atoms with Crippen molar-refractivity contribution in [2.45, 2.75) is 52.5 Å². The second-order valence-electron chi connectivity index (χ2n) is 9.80. The van der Waals surface area contributed by atoms with Crippen LogP contribution in [0.1, 0.15) is 53.5 Å². The Morgan fingerprint density at radius 3 is 2.74 bits per heavy atom. The molecule has 0 spiro atoms. The average molecular weight is 477 g/mol. The summed E-state index contributed by atoms with van der Waals surface area (Å²) in [4.78, 5) is 29.7. The number of thiazole rings is 1. The van der Waals surface area contributed by atoms with Gasteiger partial charge in [-0.05, 0) is 36.3 Å². The van der Waals surface area contributed by atoms with Gasteiger partial charge in [-0.2, -0.15) is 4.98 Å². The van der Waals surface area contributed by atoms with E-state index in [-0.39, 0.29) is 17.4 Å². The number of aryl methyl sites for hydroxylation is 2. The topological polar surface area (TPSA) is 97.0 Å². The van der Waals surface area contributed by atoms with Crippen molar-refractivity contribution in [3.63, 3.8) is 0 Å². The van der Waals surface area contributed by atoms with Gasteiger partial charge in [0.05, 0.1) is 5.69 Å². The molecule has 34 heavy (non-hydrogen) atoms. The number of anilines is 1. The minimum absolute atomic E-state index is 0.00791. The number of hydrogen-bond acceptors (Lipinski definition) is 8. The Labute approximate surface area is 202 Å². The van der Waals surface area contributed by atoms with Crippen LogP contribution in [0.5, 0.6) is 0 Å². The first-order valence-corrected chi connectivity index (χ1v) is 12.2. The summed E-state index contributed by atoms with van der Waals surface area (Å²) in [5.41, 5.74) is 1.80. The van der Waals surface area contributed by atoms with Crippen LogP contribution in [0.4, 0.5) is 5.82 Å². The maximum absolute atomic E-state index is 13.2. The first-order chi connectivity index (χ1) is 16.2. The van der Waals surface area contributed by atoms with Gasteiger partial charge < -0.3 is 14.7 Å². The summed E-state index contributed by atoms with van der Waals surface area (Å²) in [7, 11) is 0. The van der Waals surface area contributed by atoms with Crippen LogP contribution in [0.15, 0.2) is 35.0 Å². The van der Waals surface area contributed by atoms with Gasteiger partial charge >= 0.3 is 0 Å². The number of amides is 1. The van der Waals surface area contributed by atoms with E-state index in [9.17, 15) is 4.79 Å². The lowest BCUT2D eigenvalue weighted by Crippen LogP contribution is -2.31. The zero-order valence-electron chi connectivity index (χ0n) is 20.0. The quantitative estimate of drug-likeness (QED) is 0.443. The van der Waals surface area contributed by atoms with Crippen LogP contribution >= 0.6 is 11.3 Å². The third kappa shape index (κ3) is 4.27. The predicted octanol–water partition coefficient (Wildman–Crippen LogP) is 4.98. The third-order valence-electron chi connectivity index (χ3n) is 6.03. The maximum Gasteiger partial charge on any atom is 0.282 e. The van der Waals surface area contributed by atoms with Gasteiger partial charge in [0.2, 0.25) is 11.7 Å². The van der Waals surface area contributed by atoms with Crippen molar-refractivity contribution in [3.05, 3.63) is 51.9 Å². The van der Waals surface area contributed by atoms with Gasteiger partial charge in [-0.1, -0.05) is 38.1 Å². The molecule has 1 atom stereocenters. The molecule has 1 saturated heterocycles. The fourth-order valence-electron chi connectivity index (χ4n) is 4.41. The first-order valence-electron chi connectivity index (χ1n) is 11.4. The van der Waals surface area contributed by atoms with E-state index in [1.807, 2.05) is 36.1 Å². The first kappa shape index (κ1) is 22.5. The highest BCUT2D eigenvalue weighted by molar-refractivity contribution is 7.13. The molecule has 9 heteroatoms. The molecule has 1 N–H and O–H groups in total. The molecule has 0 bridgehead atoms. The van der Waals surface area contributed by atoms with Crippen LogP contribution in [0.25, 0.3) is 22.2 Å². The summed E-state index contributed by atoms with van der Waals surface area (Å²) in [6.07, 6.45) is 2.65. The predicted molar refractivity (Wildman–Crippen MR) is 133 cm³/mol. The molecule has 0 radical (unpaired) electrons. The second-order valence-corrected chi connectivity index (χ2v) is 10.8. The molecule has 1 aliphatic heterocycles. The summed E-state index contributed by atoms with van der Waals surface area (Å²) in [6.45, 7) is 11.5. The van der Waals surface area contributed by atoms with Crippen LogP contribution < -0.4 is 5.32 Å². The molecule has 176 valence electrons. The molecule has 8 nitrogen and oxygen atoms in total. The lowest BCUT2D eigenvalue weighted by atomic mass is 9.94. The number of hydrogen-bond donors (Lipinski definition) is 1. The third-order valence-corrected chi connectivity index (χ3v) is 7.60. The van der Waals surface area contributed by atoms with Crippen LogP contribution in [0.2, 0.25) is 0 Å². The minimum Gasteiger partial charge on any atom is -0.365 e. The molecular weight excluding hydrogens is 448 g/mol. The summed E-state index contributed by atoms with van der Waals surface area (Å²) < 4.78 is 5.13. The van der Waals surface area contributed by atoms with Crippen LogP contribution in [0, 0.1) is 13.8 Å². The molecule has 4 aromatic rings. The zero-order chi connectivity index (χ0) is 24.0. The number of carbonyl (C=O) groups excluding carboxylic acids is 1. The number of benzene rings is 1. The van der Waals surface area contributed by atoms with Crippen molar-refractivity contribution in [2.24, 2.45) is 0 Å². The van der Waals surface area contributed by atoms with Gasteiger partial charge in [-0.3, -0.25) is 4.79 Å². The molecular formula is C25H28N6O2S. The fourth-order valence-corrected chi connectivity index (χ4v) is 5.51. The number of fused-ring (bicyclic) bond motifs is 1. The zero-order valence-corrected chi connectivity index (χ0v) is 20.9. The number of likely N-dealkylation sites (tertiary alicyclic amines) is 1. The van der Waals surface area contributed by atoms with Crippen molar-refractivity contribution in [3.8, 4) is 11.4 Å². The van der Waals surface area contributed by atoms with E-state index in [4.69, 9.17) is 4.52 Å². The van der Waals surface area contributed by atoms with Gasteiger partial charge in [-0.15, -0.1) is 11.3 Å². The van der Waals surface area contributed by atoms with Crippen LogP contribution in [-0.2, 0) is 5.41 Å². The number of aromatic nitrogens is 4. The van der Waals surface area contributed by atoms with E-state index in [0.717, 1.165) is 39.1 Å². The molecule has 4 heterocycles. The second kappa shape index (κ2) is 8.47. The van der Waals surface area contributed by atoms with Gasteiger partial charge in [0.15, 0.2) is 5.01 Å². The minimum atomic E-state index is -0.0194. The molecule has 0 saturated carbocycles. The highest BCUT2D eigenvalue weighted by Crippen LogP contribution is 2.32. The lowest BCUT2D eigenvalue weighted by molar-refractivity contribution is 0.0791. The van der Waals surface area contributed by atoms with Crippen molar-refractivity contribution in [1.29, 1.82) is 0 Å². The molecule has 1 amide bonds. The maximum atomic E-state index is 13.2. The summed E-state index contributed by atoms with van der Waals surface area (Å²) >= 11 is 1.52. The van der Waals surface area contributed by atoms with Crippen LogP contribution in [0.3, 0.4) is 0 Å². The molecule has 0 aliphatic carbocycles. The van der Waals surface area contributed by atoms with Gasteiger partial charge in [-0.25, -0.2) is 9.97 Å². The molecule has 1 unspecified atom stereocenters. The van der Waals surface area contributed by atoms with E-state index < -0.39 is 0 Å². The normalized spacial score (nSPS) is 16.4. The summed E-state index contributed by atoms with van der Waals surface area (Å²) in [6, 6.07) is 8.13. The Bertz CT molecular complexity index is 1370. The van der Waals surface area contributed by atoms with E-state index in [2.05, 4.69) is 46.2 Å². The highest BCUT2D eigenvalue weighted by atomic mass is 32.1. The Morgan fingerprint density at radius 1 is 1.21 bits per heavy atom. The Kier molecular flexibility index (Phi) is 5.59. The largest absolute Gasteiger partial charge is 0.365 e. The van der Waals surface area contributed by atoms with Crippen molar-refractivity contribution in [1.82, 2.24) is 25.0 Å². The average Bonchev–Trinajstić information content (AvgIpc) is 3.53. The molecule has 5 rings (SSSR count). The molecule has 3 aromatic heterocycles. The Hall–Kier alpha value is -3.33. The smallest absolute Gasteiger partial charge is 0.282 e. The number of carbonyl (C=O) groups is 1. The SMILES string of the molecule is Cc1nc(-c2ccc3ccnc(NC4CCN(C(=O)c5nc(C)c(C(C)(C)C)s5)C4)c3c2)no1. The van der Waals surface area contributed by atoms with E-state index in [1.54, 1.807) is 13.1 Å². The molecule has 1 aliphatic rings. The van der Waals surface area contributed by atoms with Crippen LogP contribution in [-0.4, -0.2) is 50.0 Å². The lowest BCUT2D eigenvalue weighted by Gasteiger charge is -2.18. The highest BCUT2D eigenvalue weighted by Gasteiger charge is 2.31. The summed E-state index contributed by atoms with van der Waals surface area (Å²) in [5.74, 6) is 1.88. The Balaban J connectivity index is 1.34. The number of nitrogens with zero attached hydrogens (tertiary/aromatic N) is 5. The molecule has 1 fully saturated rings. The van der Waals surface area contributed by atoms with E-state index >= 15 is 0 Å². The molecule has 1 aromatic carbocycles. The van der Waals surface area contributed by atoms with Crippen molar-refractivity contribution in [2.75, 3.05) is 18.4 Å². The fraction of sp³-hybridized carbons (Fsp3) is 0.400. The van der Waals surface area contributed by atoms with E-state index in [0.29, 0.717) is 29.8 Å².